The van der Waals surface area contributed by atoms with Gasteiger partial charge in [-0.25, -0.2) is 0 Å². The number of benzene rings is 2. The molecule has 2 aromatic rings. The molecule has 1 N–H and O–H groups in total. The Balaban J connectivity index is 1.68. The number of anilines is 1. The maximum Gasteiger partial charge on any atom is 0.228 e. The highest BCUT2D eigenvalue weighted by molar-refractivity contribution is 5.96. The lowest BCUT2D eigenvalue weighted by Gasteiger charge is -2.11. The minimum atomic E-state index is -0.0192. The summed E-state index contributed by atoms with van der Waals surface area (Å²) in [6.45, 7) is 0. The summed E-state index contributed by atoms with van der Waals surface area (Å²) in [4.78, 5) is 12.5. The standard InChI is InChI=1S/C19H21NO4/c1-22-13-6-4-12(5-7-13)15-11-16(15)19(21)20-17-10-14(23-2)8-9-18(17)24-3/h4-10,15-16H,11H2,1-3H3,(H,20,21). The Morgan fingerprint density at radius 3 is 2.25 bits per heavy atom. The van der Waals surface area contributed by atoms with Gasteiger partial charge in [-0.3, -0.25) is 4.79 Å². The number of ether oxygens (including phenoxy) is 3. The van der Waals surface area contributed by atoms with Crippen LogP contribution in [0, 0.1) is 5.92 Å². The van der Waals surface area contributed by atoms with Crippen LogP contribution in [0.5, 0.6) is 17.2 Å². The van der Waals surface area contributed by atoms with Crippen LogP contribution in [0.2, 0.25) is 0 Å². The summed E-state index contributed by atoms with van der Waals surface area (Å²) in [6.07, 6.45) is 0.852. The first-order valence-electron chi connectivity index (χ1n) is 7.83. The summed E-state index contributed by atoms with van der Waals surface area (Å²) in [5, 5.41) is 2.95. The first-order valence-corrected chi connectivity index (χ1v) is 7.83. The minimum absolute atomic E-state index is 0.00220. The maximum absolute atomic E-state index is 12.5. The van der Waals surface area contributed by atoms with Crippen molar-refractivity contribution in [2.45, 2.75) is 12.3 Å². The molecule has 3 rings (SSSR count). The van der Waals surface area contributed by atoms with E-state index in [1.54, 1.807) is 39.5 Å². The second kappa shape index (κ2) is 6.83. The fraction of sp³-hybridized carbons (Fsp3) is 0.316. The van der Waals surface area contributed by atoms with E-state index in [2.05, 4.69) is 5.32 Å². The molecule has 0 aromatic heterocycles. The van der Waals surface area contributed by atoms with Gasteiger partial charge in [0, 0.05) is 12.0 Å². The third kappa shape index (κ3) is 3.30. The number of methoxy groups -OCH3 is 3. The average molecular weight is 327 g/mol. The third-order valence-electron chi connectivity index (χ3n) is 4.34. The van der Waals surface area contributed by atoms with Crippen molar-refractivity contribution < 1.29 is 19.0 Å². The van der Waals surface area contributed by atoms with Gasteiger partial charge in [0.2, 0.25) is 5.91 Å². The Morgan fingerprint density at radius 2 is 1.62 bits per heavy atom. The Morgan fingerprint density at radius 1 is 0.958 bits per heavy atom. The van der Waals surface area contributed by atoms with Crippen LogP contribution in [0.25, 0.3) is 0 Å². The molecule has 126 valence electrons. The van der Waals surface area contributed by atoms with E-state index in [1.807, 2.05) is 24.3 Å². The summed E-state index contributed by atoms with van der Waals surface area (Å²) in [7, 11) is 4.81. The molecule has 5 nitrogen and oxygen atoms in total. The van der Waals surface area contributed by atoms with E-state index in [0.717, 1.165) is 17.7 Å². The number of amides is 1. The minimum Gasteiger partial charge on any atom is -0.497 e. The van der Waals surface area contributed by atoms with Crippen LogP contribution in [-0.2, 0) is 4.79 Å². The van der Waals surface area contributed by atoms with Gasteiger partial charge in [-0.1, -0.05) is 12.1 Å². The molecule has 1 aliphatic carbocycles. The van der Waals surface area contributed by atoms with Crippen molar-refractivity contribution in [3.8, 4) is 17.2 Å². The average Bonchev–Trinajstić information content (AvgIpc) is 3.42. The lowest BCUT2D eigenvalue weighted by atomic mass is 10.1. The second-order valence-corrected chi connectivity index (χ2v) is 5.78. The molecule has 1 aliphatic rings. The van der Waals surface area contributed by atoms with Crippen LogP contribution in [0.1, 0.15) is 17.9 Å². The van der Waals surface area contributed by atoms with Crippen LogP contribution in [-0.4, -0.2) is 27.2 Å². The smallest absolute Gasteiger partial charge is 0.228 e. The summed E-state index contributed by atoms with van der Waals surface area (Å²) >= 11 is 0. The quantitative estimate of drug-likeness (QED) is 0.883. The van der Waals surface area contributed by atoms with E-state index in [1.165, 1.54) is 0 Å². The van der Waals surface area contributed by atoms with E-state index in [9.17, 15) is 4.79 Å². The van der Waals surface area contributed by atoms with Crippen molar-refractivity contribution in [3.05, 3.63) is 48.0 Å². The van der Waals surface area contributed by atoms with E-state index in [0.29, 0.717) is 17.2 Å². The Kier molecular flexibility index (Phi) is 4.60. The molecule has 1 amide bonds. The summed E-state index contributed by atoms with van der Waals surface area (Å²) < 4.78 is 15.7. The van der Waals surface area contributed by atoms with Crippen molar-refractivity contribution >= 4 is 11.6 Å². The number of nitrogens with one attached hydrogen (secondary N) is 1. The van der Waals surface area contributed by atoms with Gasteiger partial charge in [-0.15, -0.1) is 0 Å². The van der Waals surface area contributed by atoms with Crippen LogP contribution >= 0.6 is 0 Å². The van der Waals surface area contributed by atoms with Gasteiger partial charge < -0.3 is 19.5 Å². The van der Waals surface area contributed by atoms with Crippen LogP contribution in [0.15, 0.2) is 42.5 Å². The molecule has 24 heavy (non-hydrogen) atoms. The highest BCUT2D eigenvalue weighted by atomic mass is 16.5. The van der Waals surface area contributed by atoms with Gasteiger partial charge in [0.05, 0.1) is 27.0 Å². The third-order valence-corrected chi connectivity index (χ3v) is 4.34. The van der Waals surface area contributed by atoms with Gasteiger partial charge in [-0.2, -0.15) is 0 Å². The molecule has 0 bridgehead atoms. The molecule has 0 radical (unpaired) electrons. The summed E-state index contributed by atoms with van der Waals surface area (Å²) in [5.41, 5.74) is 1.79. The van der Waals surface area contributed by atoms with Crippen LogP contribution in [0.3, 0.4) is 0 Å². The van der Waals surface area contributed by atoms with Crippen LogP contribution in [0.4, 0.5) is 5.69 Å². The monoisotopic (exact) mass is 327 g/mol. The SMILES string of the molecule is COc1ccc(C2CC2C(=O)Nc2cc(OC)ccc2OC)cc1. The molecular formula is C19H21NO4. The fourth-order valence-electron chi connectivity index (χ4n) is 2.84. The molecule has 0 aliphatic heterocycles. The van der Waals surface area contributed by atoms with E-state index in [4.69, 9.17) is 14.2 Å². The van der Waals surface area contributed by atoms with Gasteiger partial charge >= 0.3 is 0 Å². The normalized spacial score (nSPS) is 18.6. The highest BCUT2D eigenvalue weighted by Crippen LogP contribution is 2.48. The van der Waals surface area contributed by atoms with Gasteiger partial charge in [0.25, 0.3) is 0 Å². The Bertz CT molecular complexity index is 727. The van der Waals surface area contributed by atoms with Crippen molar-refractivity contribution in [1.82, 2.24) is 0 Å². The van der Waals surface area contributed by atoms with Crippen molar-refractivity contribution in [2.24, 2.45) is 5.92 Å². The summed E-state index contributed by atoms with van der Waals surface area (Å²) in [5.74, 6) is 2.35. The Labute approximate surface area is 141 Å². The zero-order chi connectivity index (χ0) is 17.1. The first kappa shape index (κ1) is 16.2. The molecule has 2 aromatic carbocycles. The van der Waals surface area contributed by atoms with Crippen molar-refractivity contribution in [1.29, 1.82) is 0 Å². The van der Waals surface area contributed by atoms with Crippen molar-refractivity contribution in [2.75, 3.05) is 26.6 Å². The maximum atomic E-state index is 12.5. The largest absolute Gasteiger partial charge is 0.497 e. The first-order chi connectivity index (χ1) is 11.7. The summed E-state index contributed by atoms with van der Waals surface area (Å²) in [6, 6.07) is 13.2. The molecular weight excluding hydrogens is 306 g/mol. The number of hydrogen-bond acceptors (Lipinski definition) is 4. The Hall–Kier alpha value is -2.69. The fourth-order valence-corrected chi connectivity index (χ4v) is 2.84. The molecule has 0 heterocycles. The molecule has 0 saturated heterocycles. The molecule has 1 fully saturated rings. The molecule has 1 saturated carbocycles. The van der Waals surface area contributed by atoms with Gasteiger partial charge in [0.1, 0.15) is 17.2 Å². The second-order valence-electron chi connectivity index (χ2n) is 5.78. The zero-order valence-corrected chi connectivity index (χ0v) is 14.0. The van der Waals surface area contributed by atoms with Crippen molar-refractivity contribution in [3.63, 3.8) is 0 Å². The molecule has 5 heteroatoms. The van der Waals surface area contributed by atoms with Gasteiger partial charge in [-0.05, 0) is 42.2 Å². The highest BCUT2D eigenvalue weighted by Gasteiger charge is 2.44. The number of hydrogen-bond donors (Lipinski definition) is 1. The van der Waals surface area contributed by atoms with E-state index in [-0.39, 0.29) is 17.7 Å². The lowest BCUT2D eigenvalue weighted by Crippen LogP contribution is -2.15. The predicted molar refractivity (Wildman–Crippen MR) is 92.0 cm³/mol. The lowest BCUT2D eigenvalue weighted by molar-refractivity contribution is -0.117. The van der Waals surface area contributed by atoms with Gasteiger partial charge in [0.15, 0.2) is 0 Å². The van der Waals surface area contributed by atoms with Crippen LogP contribution < -0.4 is 19.5 Å². The number of rotatable bonds is 6. The topological polar surface area (TPSA) is 56.8 Å². The molecule has 2 atom stereocenters. The number of carbonyl (C=O) groups is 1. The predicted octanol–water partition coefficient (Wildman–Crippen LogP) is 3.45. The van der Waals surface area contributed by atoms with E-state index >= 15 is 0 Å². The molecule has 2 unspecified atom stereocenters. The van der Waals surface area contributed by atoms with E-state index < -0.39 is 0 Å². The molecule has 0 spiro atoms. The number of carbonyl (C=O) groups excluding carboxylic acids is 1. The zero-order valence-electron chi connectivity index (χ0n) is 14.0.